The van der Waals surface area contributed by atoms with Crippen LogP contribution in [0.5, 0.6) is 0 Å². The topological polar surface area (TPSA) is 47.6 Å². The van der Waals surface area contributed by atoms with E-state index < -0.39 is 0 Å². The van der Waals surface area contributed by atoms with E-state index in [1.807, 2.05) is 0 Å². The van der Waals surface area contributed by atoms with Crippen molar-refractivity contribution >= 4 is 11.7 Å². The monoisotopic (exact) mass is 372 g/mol. The summed E-state index contributed by atoms with van der Waals surface area (Å²) in [5.74, 6) is 1.27. The van der Waals surface area contributed by atoms with Crippen molar-refractivity contribution in [2.24, 2.45) is 11.8 Å². The summed E-state index contributed by atoms with van der Waals surface area (Å²) in [6, 6.07) is 10.5. The molecule has 0 bridgehead atoms. The maximum atomic E-state index is 12.3. The van der Waals surface area contributed by atoms with Gasteiger partial charge in [-0.1, -0.05) is 25.1 Å². The van der Waals surface area contributed by atoms with Gasteiger partial charge in [0.2, 0.25) is 0 Å². The number of carbonyl (C=O) groups excluding carboxylic acids is 1. The van der Waals surface area contributed by atoms with Crippen molar-refractivity contribution in [1.29, 1.82) is 0 Å². The van der Waals surface area contributed by atoms with E-state index in [1.54, 1.807) is 0 Å². The molecule has 2 atom stereocenters. The summed E-state index contributed by atoms with van der Waals surface area (Å²) >= 11 is 0. The fourth-order valence-corrected chi connectivity index (χ4v) is 4.32. The minimum absolute atomic E-state index is 0.00346. The molecule has 0 saturated carbocycles. The van der Waals surface area contributed by atoms with Gasteiger partial charge < -0.3 is 15.5 Å². The highest BCUT2D eigenvalue weighted by Crippen LogP contribution is 2.24. The second kappa shape index (κ2) is 8.96. The molecule has 0 aliphatic carbocycles. The first-order valence-corrected chi connectivity index (χ1v) is 10.5. The van der Waals surface area contributed by atoms with E-state index >= 15 is 0 Å². The van der Waals surface area contributed by atoms with Crippen molar-refractivity contribution in [2.75, 3.05) is 44.2 Å². The maximum absolute atomic E-state index is 12.3. The lowest BCUT2D eigenvalue weighted by atomic mass is 9.93. The van der Waals surface area contributed by atoms with Crippen molar-refractivity contribution in [1.82, 2.24) is 15.5 Å². The zero-order chi connectivity index (χ0) is 19.3. The molecule has 150 valence electrons. The Kier molecular flexibility index (Phi) is 6.64. The zero-order valence-electron chi connectivity index (χ0n) is 17.2. The van der Waals surface area contributed by atoms with Gasteiger partial charge in [-0.2, -0.15) is 0 Å². The number of benzene rings is 1. The van der Waals surface area contributed by atoms with Gasteiger partial charge in [0.1, 0.15) is 0 Å². The number of hydrogen-bond donors (Lipinski definition) is 2. The lowest BCUT2D eigenvalue weighted by Gasteiger charge is -2.43. The summed E-state index contributed by atoms with van der Waals surface area (Å²) in [7, 11) is 0. The first-order chi connectivity index (χ1) is 12.9. The van der Waals surface area contributed by atoms with Gasteiger partial charge in [-0.05, 0) is 63.6 Å². The van der Waals surface area contributed by atoms with Crippen molar-refractivity contribution < 1.29 is 4.79 Å². The third kappa shape index (κ3) is 5.61. The highest BCUT2D eigenvalue weighted by molar-refractivity contribution is 5.73. The lowest BCUT2D eigenvalue weighted by Crippen LogP contribution is -2.55. The number of anilines is 1. The van der Waals surface area contributed by atoms with Crippen molar-refractivity contribution in [3.05, 3.63) is 30.3 Å². The van der Waals surface area contributed by atoms with Gasteiger partial charge in [0.05, 0.1) is 0 Å². The number of rotatable bonds is 6. The smallest absolute Gasteiger partial charge is 0.314 e. The van der Waals surface area contributed by atoms with Gasteiger partial charge in [0, 0.05) is 44.0 Å². The van der Waals surface area contributed by atoms with Crippen molar-refractivity contribution in [3.8, 4) is 0 Å². The first-order valence-electron chi connectivity index (χ1n) is 10.5. The third-order valence-corrected chi connectivity index (χ3v) is 6.15. The molecular formula is C22H36N4O. The van der Waals surface area contributed by atoms with Gasteiger partial charge in [0.15, 0.2) is 0 Å². The predicted molar refractivity (Wildman–Crippen MR) is 112 cm³/mol. The molecule has 2 aliphatic heterocycles. The number of piperidine rings is 1. The third-order valence-electron chi connectivity index (χ3n) is 6.15. The second-order valence-corrected chi connectivity index (χ2v) is 9.01. The van der Waals surface area contributed by atoms with Crippen LogP contribution in [0, 0.1) is 11.8 Å². The molecule has 1 aromatic carbocycles. The molecule has 5 heteroatoms. The molecule has 0 spiro atoms. The molecule has 0 unspecified atom stereocenters. The average Bonchev–Trinajstić information content (AvgIpc) is 3.15. The minimum atomic E-state index is -0.0358. The maximum Gasteiger partial charge on any atom is 0.314 e. The van der Waals surface area contributed by atoms with Crippen LogP contribution in [-0.2, 0) is 0 Å². The SMILES string of the molecule is C[C@@H]1CCCN(C(C)(C)CNC(=O)NC[C@@H]2CCN(c3ccccc3)C2)C1. The summed E-state index contributed by atoms with van der Waals surface area (Å²) in [5, 5.41) is 6.18. The molecule has 2 aliphatic rings. The lowest BCUT2D eigenvalue weighted by molar-refractivity contribution is 0.0724. The summed E-state index contributed by atoms with van der Waals surface area (Å²) < 4.78 is 0. The summed E-state index contributed by atoms with van der Waals surface area (Å²) in [6.07, 6.45) is 3.71. The first kappa shape index (κ1) is 20.0. The molecule has 2 amide bonds. The molecule has 1 aromatic rings. The number of likely N-dealkylation sites (tertiary alicyclic amines) is 1. The predicted octanol–water partition coefficient (Wildman–Crippen LogP) is 3.32. The Hall–Kier alpha value is -1.75. The molecule has 2 N–H and O–H groups in total. The molecule has 5 nitrogen and oxygen atoms in total. The Bertz CT molecular complexity index is 604. The normalized spacial score (nSPS) is 24.0. The van der Waals surface area contributed by atoms with Crippen LogP contribution in [0.2, 0.25) is 0 Å². The summed E-state index contributed by atoms with van der Waals surface area (Å²) in [5.41, 5.74) is 1.28. The molecular weight excluding hydrogens is 336 g/mol. The fraction of sp³-hybridized carbons (Fsp3) is 0.682. The van der Waals surface area contributed by atoms with Gasteiger partial charge >= 0.3 is 6.03 Å². The Balaban J connectivity index is 1.37. The van der Waals surface area contributed by atoms with Crippen LogP contribution >= 0.6 is 0 Å². The standard InChI is InChI=1S/C22H36N4O/c1-18-8-7-12-26(15-18)22(2,3)17-24-21(27)23-14-19-11-13-25(16-19)20-9-5-4-6-10-20/h4-6,9-10,18-19H,7-8,11-17H2,1-3H3,(H2,23,24,27)/t18-,19+/m1/s1. The van der Waals surface area contributed by atoms with Gasteiger partial charge in [-0.3, -0.25) is 4.90 Å². The van der Waals surface area contributed by atoms with Gasteiger partial charge in [-0.25, -0.2) is 4.79 Å². The van der Waals surface area contributed by atoms with E-state index in [0.29, 0.717) is 12.5 Å². The number of carbonyl (C=O) groups is 1. The van der Waals surface area contributed by atoms with Crippen LogP contribution in [0.25, 0.3) is 0 Å². The average molecular weight is 373 g/mol. The number of urea groups is 1. The van der Waals surface area contributed by atoms with E-state index in [4.69, 9.17) is 0 Å². The van der Waals surface area contributed by atoms with Crippen molar-refractivity contribution in [2.45, 2.75) is 45.6 Å². The number of para-hydroxylation sites is 1. The number of nitrogens with one attached hydrogen (secondary N) is 2. The molecule has 0 radical (unpaired) electrons. The summed E-state index contributed by atoms with van der Waals surface area (Å²) in [6.45, 7) is 12.6. The van der Waals surface area contributed by atoms with Crippen LogP contribution in [0.4, 0.5) is 10.5 Å². The summed E-state index contributed by atoms with van der Waals surface area (Å²) in [4.78, 5) is 17.2. The Morgan fingerprint density at radius 2 is 1.89 bits per heavy atom. The van der Waals surface area contributed by atoms with Crippen LogP contribution in [0.15, 0.2) is 30.3 Å². The van der Waals surface area contributed by atoms with Crippen LogP contribution in [-0.4, -0.2) is 55.7 Å². The molecule has 27 heavy (non-hydrogen) atoms. The van der Waals surface area contributed by atoms with E-state index in [-0.39, 0.29) is 11.6 Å². The largest absolute Gasteiger partial charge is 0.371 e. The van der Waals surface area contributed by atoms with Crippen LogP contribution in [0.3, 0.4) is 0 Å². The molecule has 2 heterocycles. The minimum Gasteiger partial charge on any atom is -0.371 e. The Labute approximate surface area is 164 Å². The molecule has 3 rings (SSSR count). The Morgan fingerprint density at radius 1 is 1.11 bits per heavy atom. The number of hydrogen-bond acceptors (Lipinski definition) is 3. The number of amides is 2. The number of nitrogens with zero attached hydrogens (tertiary/aromatic N) is 2. The highest BCUT2D eigenvalue weighted by atomic mass is 16.2. The molecule has 2 saturated heterocycles. The van der Waals surface area contributed by atoms with E-state index in [2.05, 4.69) is 71.5 Å². The Morgan fingerprint density at radius 3 is 2.63 bits per heavy atom. The van der Waals surface area contributed by atoms with E-state index in [0.717, 1.165) is 45.1 Å². The van der Waals surface area contributed by atoms with Crippen LogP contribution < -0.4 is 15.5 Å². The fourth-order valence-electron chi connectivity index (χ4n) is 4.32. The van der Waals surface area contributed by atoms with Gasteiger partial charge in [-0.15, -0.1) is 0 Å². The molecule has 2 fully saturated rings. The molecule has 0 aromatic heterocycles. The van der Waals surface area contributed by atoms with E-state index in [1.165, 1.54) is 18.5 Å². The van der Waals surface area contributed by atoms with E-state index in [9.17, 15) is 4.79 Å². The quantitative estimate of drug-likeness (QED) is 0.805. The zero-order valence-corrected chi connectivity index (χ0v) is 17.2. The van der Waals surface area contributed by atoms with Crippen molar-refractivity contribution in [3.63, 3.8) is 0 Å². The van der Waals surface area contributed by atoms with Gasteiger partial charge in [0.25, 0.3) is 0 Å². The highest BCUT2D eigenvalue weighted by Gasteiger charge is 2.30. The van der Waals surface area contributed by atoms with Crippen LogP contribution in [0.1, 0.15) is 40.0 Å². The second-order valence-electron chi connectivity index (χ2n) is 9.01.